The predicted molar refractivity (Wildman–Crippen MR) is 70.8 cm³/mol. The van der Waals surface area contributed by atoms with E-state index in [-0.39, 0.29) is 0 Å². The molecule has 0 amide bonds. The molecule has 0 radical (unpaired) electrons. The van der Waals surface area contributed by atoms with Gasteiger partial charge in [-0.05, 0) is 53.8 Å². The molecule has 0 fully saturated rings. The monoisotopic (exact) mass is 243 g/mol. The smallest absolute Gasteiger partial charge is 0.250 e. The Kier molecular flexibility index (Phi) is 2.27. The van der Waals surface area contributed by atoms with Crippen molar-refractivity contribution in [1.82, 2.24) is 0 Å². The SMILES string of the molecule is Cc1ccc2c(c1)o[p+](=O)c1cc(C)ccc21. The first-order chi connectivity index (χ1) is 8.15. The molecule has 0 aliphatic carbocycles. The summed E-state index contributed by atoms with van der Waals surface area (Å²) in [5.41, 5.74) is 2.94. The number of rotatable bonds is 0. The maximum absolute atomic E-state index is 12.0. The standard InChI is InChI=1S/C14H12O2P/c1-9-3-5-11-12-6-4-10(2)8-14(12)17(15)16-13(11)7-9/h3-8H,1-2H3/q+1. The van der Waals surface area contributed by atoms with Gasteiger partial charge in [0.05, 0.1) is 0 Å². The second kappa shape index (κ2) is 3.68. The highest BCUT2D eigenvalue weighted by atomic mass is 31.1. The quantitative estimate of drug-likeness (QED) is 0.523. The molecular formula is C14H12O2P+. The minimum Gasteiger partial charge on any atom is -0.250 e. The van der Waals surface area contributed by atoms with Crippen molar-refractivity contribution in [2.45, 2.75) is 13.8 Å². The first-order valence-electron chi connectivity index (χ1n) is 5.52. The zero-order valence-electron chi connectivity index (χ0n) is 9.73. The lowest BCUT2D eigenvalue weighted by molar-refractivity contribution is 0.563. The van der Waals surface area contributed by atoms with Gasteiger partial charge in [0, 0.05) is 10.8 Å². The van der Waals surface area contributed by atoms with E-state index in [4.69, 9.17) is 4.20 Å². The molecule has 2 aromatic carbocycles. The minimum atomic E-state index is -1.77. The van der Waals surface area contributed by atoms with E-state index in [1.54, 1.807) is 0 Å². The van der Waals surface area contributed by atoms with Crippen LogP contribution in [0.4, 0.5) is 0 Å². The first-order valence-corrected chi connectivity index (χ1v) is 6.70. The van der Waals surface area contributed by atoms with Gasteiger partial charge in [0.15, 0.2) is 5.58 Å². The van der Waals surface area contributed by atoms with Crippen LogP contribution in [0.2, 0.25) is 0 Å². The van der Waals surface area contributed by atoms with Gasteiger partial charge >= 0.3 is 7.65 Å². The molecule has 3 aromatic rings. The van der Waals surface area contributed by atoms with Gasteiger partial charge in [-0.1, -0.05) is 12.1 Å². The Labute approximate surface area is 99.7 Å². The zero-order valence-corrected chi connectivity index (χ0v) is 10.6. The van der Waals surface area contributed by atoms with Crippen LogP contribution in [-0.4, -0.2) is 0 Å². The van der Waals surface area contributed by atoms with Gasteiger partial charge < -0.3 is 0 Å². The molecule has 0 aliphatic rings. The van der Waals surface area contributed by atoms with Crippen molar-refractivity contribution in [2.75, 3.05) is 0 Å². The van der Waals surface area contributed by atoms with Gasteiger partial charge in [-0.2, -0.15) is 0 Å². The molecule has 0 N–H and O–H groups in total. The Hall–Kier alpha value is -1.66. The number of benzene rings is 2. The second-order valence-electron chi connectivity index (χ2n) is 4.37. The van der Waals surface area contributed by atoms with Gasteiger partial charge in [-0.25, -0.2) is 4.20 Å². The molecule has 0 bridgehead atoms. The summed E-state index contributed by atoms with van der Waals surface area (Å²) in [4.78, 5) is 0. The maximum Gasteiger partial charge on any atom is 0.597 e. The fourth-order valence-electron chi connectivity index (χ4n) is 2.09. The summed E-state index contributed by atoms with van der Waals surface area (Å²) in [5.74, 6) is 0. The van der Waals surface area contributed by atoms with Crippen LogP contribution in [0, 0.1) is 13.8 Å². The summed E-state index contributed by atoms with van der Waals surface area (Å²) < 4.78 is 17.5. The second-order valence-corrected chi connectivity index (χ2v) is 5.55. The van der Waals surface area contributed by atoms with E-state index in [1.165, 1.54) is 0 Å². The Morgan fingerprint density at radius 3 is 2.35 bits per heavy atom. The number of hydrogen-bond acceptors (Lipinski definition) is 2. The first kappa shape index (κ1) is 10.5. The molecule has 2 nitrogen and oxygen atoms in total. The lowest BCUT2D eigenvalue weighted by Crippen LogP contribution is -1.78. The van der Waals surface area contributed by atoms with Crippen molar-refractivity contribution >= 4 is 29.1 Å². The van der Waals surface area contributed by atoms with E-state index in [1.807, 2.05) is 50.2 Å². The van der Waals surface area contributed by atoms with E-state index in [0.29, 0.717) is 0 Å². The average molecular weight is 243 g/mol. The summed E-state index contributed by atoms with van der Waals surface area (Å²) in [6.45, 7) is 4.00. The third-order valence-corrected chi connectivity index (χ3v) is 4.08. The van der Waals surface area contributed by atoms with Crippen molar-refractivity contribution in [2.24, 2.45) is 0 Å². The Balaban J connectivity index is 2.60. The number of aryl methyl sites for hydroxylation is 2. The average Bonchev–Trinajstić information content (AvgIpc) is 2.29. The normalized spacial score (nSPS) is 12.2. The Morgan fingerprint density at radius 1 is 0.941 bits per heavy atom. The van der Waals surface area contributed by atoms with Crippen molar-refractivity contribution in [1.29, 1.82) is 0 Å². The summed E-state index contributed by atoms with van der Waals surface area (Å²) >= 11 is 0. The topological polar surface area (TPSA) is 30.2 Å². The number of fused-ring (bicyclic) bond motifs is 3. The van der Waals surface area contributed by atoms with Gasteiger partial charge in [-0.3, -0.25) is 0 Å². The van der Waals surface area contributed by atoms with Crippen molar-refractivity contribution < 1.29 is 8.76 Å². The van der Waals surface area contributed by atoms with Crippen LogP contribution in [0.1, 0.15) is 11.1 Å². The highest BCUT2D eigenvalue weighted by Crippen LogP contribution is 2.35. The van der Waals surface area contributed by atoms with E-state index in [0.717, 1.165) is 32.6 Å². The third-order valence-electron chi connectivity index (χ3n) is 2.96. The maximum atomic E-state index is 12.0. The summed E-state index contributed by atoms with van der Waals surface area (Å²) in [7, 11) is -1.77. The largest absolute Gasteiger partial charge is 0.597 e. The molecule has 0 aliphatic heterocycles. The molecule has 1 unspecified atom stereocenters. The predicted octanol–water partition coefficient (Wildman–Crippen LogP) is 4.95. The van der Waals surface area contributed by atoms with Crippen LogP contribution in [-0.2, 0) is 4.57 Å². The fourth-order valence-corrected chi connectivity index (χ4v) is 3.22. The van der Waals surface area contributed by atoms with Crippen LogP contribution >= 0.6 is 7.65 Å². The Morgan fingerprint density at radius 2 is 1.59 bits per heavy atom. The molecule has 0 spiro atoms. The molecule has 1 atom stereocenters. The summed E-state index contributed by atoms with van der Waals surface area (Å²) in [6.07, 6.45) is 0. The van der Waals surface area contributed by atoms with E-state index in [9.17, 15) is 4.57 Å². The molecule has 1 heterocycles. The van der Waals surface area contributed by atoms with Crippen molar-refractivity contribution in [3.63, 3.8) is 0 Å². The van der Waals surface area contributed by atoms with Crippen LogP contribution in [0.3, 0.4) is 0 Å². The van der Waals surface area contributed by atoms with Crippen molar-refractivity contribution in [3.8, 4) is 0 Å². The summed E-state index contributed by atoms with van der Waals surface area (Å²) in [6, 6.07) is 12.0. The van der Waals surface area contributed by atoms with Gasteiger partial charge in [0.25, 0.3) is 0 Å². The molecule has 17 heavy (non-hydrogen) atoms. The van der Waals surface area contributed by atoms with Gasteiger partial charge in [0.2, 0.25) is 5.12 Å². The van der Waals surface area contributed by atoms with Gasteiger partial charge in [-0.15, -0.1) is 0 Å². The van der Waals surface area contributed by atoms with Crippen LogP contribution in [0.15, 0.2) is 40.6 Å². The lowest BCUT2D eigenvalue weighted by Gasteiger charge is -1.98. The minimum absolute atomic E-state index is 0.725. The van der Waals surface area contributed by atoms with Crippen molar-refractivity contribution in [3.05, 3.63) is 47.5 Å². The molecule has 0 saturated carbocycles. The lowest BCUT2D eigenvalue weighted by atomic mass is 10.1. The van der Waals surface area contributed by atoms with Crippen LogP contribution in [0.25, 0.3) is 21.5 Å². The van der Waals surface area contributed by atoms with E-state index in [2.05, 4.69) is 0 Å². The molecule has 3 rings (SSSR count). The van der Waals surface area contributed by atoms with E-state index < -0.39 is 7.65 Å². The highest BCUT2D eigenvalue weighted by Gasteiger charge is 2.16. The zero-order chi connectivity index (χ0) is 12.0. The Bertz CT molecular complexity index is 787. The molecule has 0 saturated heterocycles. The number of hydrogen-bond donors (Lipinski definition) is 0. The fraction of sp³-hybridized carbons (Fsp3) is 0.143. The molecular weight excluding hydrogens is 231 g/mol. The molecule has 3 heteroatoms. The van der Waals surface area contributed by atoms with Crippen LogP contribution < -0.4 is 0 Å². The molecule has 84 valence electrons. The third kappa shape index (κ3) is 1.65. The van der Waals surface area contributed by atoms with Crippen LogP contribution in [0.5, 0.6) is 0 Å². The van der Waals surface area contributed by atoms with Gasteiger partial charge in [0.1, 0.15) is 0 Å². The summed E-state index contributed by atoms with van der Waals surface area (Å²) in [5, 5.41) is 2.86. The highest BCUT2D eigenvalue weighted by molar-refractivity contribution is 7.37. The van der Waals surface area contributed by atoms with E-state index >= 15 is 0 Å². The molecule has 1 aromatic heterocycles.